The maximum Gasteiger partial charge on any atom is 0.275 e. The number of carbonyl (C=O) groups excluding carboxylic acids is 1. The zero-order valence-corrected chi connectivity index (χ0v) is 17.0. The molecule has 0 unspecified atom stereocenters. The highest BCUT2D eigenvalue weighted by Gasteiger charge is 2.14. The summed E-state index contributed by atoms with van der Waals surface area (Å²) in [6.45, 7) is 3.78. The SMILES string of the molecule is COc1cc(C=NNC(=O)c2cc3ccccc3cc2O)cc(Cl)c1OC(C)C. The largest absolute Gasteiger partial charge is 0.507 e. The van der Waals surface area contributed by atoms with Crippen molar-refractivity contribution in [2.75, 3.05) is 7.11 Å². The summed E-state index contributed by atoms with van der Waals surface area (Å²) in [7, 11) is 1.52. The molecule has 3 aromatic carbocycles. The molecule has 0 aliphatic heterocycles. The van der Waals surface area contributed by atoms with Gasteiger partial charge < -0.3 is 14.6 Å². The first-order chi connectivity index (χ1) is 13.9. The Kier molecular flexibility index (Phi) is 6.24. The van der Waals surface area contributed by atoms with E-state index >= 15 is 0 Å². The number of amides is 1. The highest BCUT2D eigenvalue weighted by Crippen LogP contribution is 2.36. The van der Waals surface area contributed by atoms with E-state index in [0.29, 0.717) is 22.1 Å². The summed E-state index contributed by atoms with van der Waals surface area (Å²) in [5.74, 6) is 0.274. The van der Waals surface area contributed by atoms with E-state index in [1.165, 1.54) is 13.3 Å². The first-order valence-corrected chi connectivity index (χ1v) is 9.36. The minimum atomic E-state index is -0.526. The number of phenols is 1. The monoisotopic (exact) mass is 412 g/mol. The Morgan fingerprint density at radius 2 is 1.86 bits per heavy atom. The molecule has 3 rings (SSSR count). The quantitative estimate of drug-likeness (QED) is 0.452. The molecule has 0 bridgehead atoms. The molecule has 29 heavy (non-hydrogen) atoms. The summed E-state index contributed by atoms with van der Waals surface area (Å²) < 4.78 is 11.0. The van der Waals surface area contributed by atoms with Gasteiger partial charge >= 0.3 is 0 Å². The van der Waals surface area contributed by atoms with Crippen LogP contribution >= 0.6 is 11.6 Å². The molecule has 0 fully saturated rings. The number of hydrogen-bond acceptors (Lipinski definition) is 5. The van der Waals surface area contributed by atoms with Crippen molar-refractivity contribution in [2.24, 2.45) is 5.10 Å². The van der Waals surface area contributed by atoms with Crippen LogP contribution in [0.2, 0.25) is 5.02 Å². The lowest BCUT2D eigenvalue weighted by Gasteiger charge is -2.15. The lowest BCUT2D eigenvalue weighted by atomic mass is 10.1. The number of methoxy groups -OCH3 is 1. The predicted molar refractivity (Wildman–Crippen MR) is 114 cm³/mol. The molecule has 0 aliphatic carbocycles. The number of aromatic hydroxyl groups is 1. The first kappa shape index (κ1) is 20.5. The molecule has 0 aliphatic rings. The molecule has 1 amide bonds. The van der Waals surface area contributed by atoms with Gasteiger partial charge in [0.2, 0.25) is 0 Å². The first-order valence-electron chi connectivity index (χ1n) is 8.98. The molecule has 6 nitrogen and oxygen atoms in total. The van der Waals surface area contributed by atoms with Gasteiger partial charge in [-0.15, -0.1) is 0 Å². The average Bonchev–Trinajstić information content (AvgIpc) is 2.68. The van der Waals surface area contributed by atoms with Gasteiger partial charge in [0.25, 0.3) is 5.91 Å². The number of ether oxygens (including phenoxy) is 2. The van der Waals surface area contributed by atoms with E-state index < -0.39 is 5.91 Å². The Bertz CT molecular complexity index is 1080. The molecule has 0 radical (unpaired) electrons. The third kappa shape index (κ3) is 4.78. The molecule has 0 heterocycles. The maximum atomic E-state index is 12.4. The van der Waals surface area contributed by atoms with Gasteiger partial charge in [-0.2, -0.15) is 5.10 Å². The molecule has 0 spiro atoms. The van der Waals surface area contributed by atoms with Crippen LogP contribution in [0.1, 0.15) is 29.8 Å². The van der Waals surface area contributed by atoms with Crippen molar-refractivity contribution in [3.05, 3.63) is 64.7 Å². The standard InChI is InChI=1S/C22H21ClN2O4/c1-13(2)29-21-18(23)8-14(9-20(21)28-3)12-24-25-22(27)17-10-15-6-4-5-7-16(15)11-19(17)26/h4-13,26H,1-3H3,(H,25,27). The molecule has 0 saturated carbocycles. The zero-order valence-electron chi connectivity index (χ0n) is 16.3. The van der Waals surface area contributed by atoms with Crippen molar-refractivity contribution >= 4 is 34.5 Å². The Balaban J connectivity index is 1.78. The fourth-order valence-corrected chi connectivity index (χ4v) is 3.06. The number of hydrogen-bond donors (Lipinski definition) is 2. The number of phenolic OH excluding ortho intramolecular Hbond substituents is 1. The van der Waals surface area contributed by atoms with E-state index in [0.717, 1.165) is 10.8 Å². The lowest BCUT2D eigenvalue weighted by molar-refractivity contribution is 0.0952. The van der Waals surface area contributed by atoms with Crippen LogP contribution in [0, 0.1) is 0 Å². The van der Waals surface area contributed by atoms with Crippen LogP contribution < -0.4 is 14.9 Å². The molecule has 3 aromatic rings. The van der Waals surface area contributed by atoms with Crippen LogP contribution in [0.5, 0.6) is 17.2 Å². The van der Waals surface area contributed by atoms with Gasteiger partial charge in [0, 0.05) is 0 Å². The summed E-state index contributed by atoms with van der Waals surface area (Å²) in [5, 5.41) is 16.2. The van der Waals surface area contributed by atoms with E-state index in [-0.39, 0.29) is 17.4 Å². The molecular formula is C22H21ClN2O4. The van der Waals surface area contributed by atoms with Gasteiger partial charge in [0.1, 0.15) is 5.75 Å². The second-order valence-electron chi connectivity index (χ2n) is 6.62. The van der Waals surface area contributed by atoms with E-state index in [4.69, 9.17) is 21.1 Å². The van der Waals surface area contributed by atoms with Crippen LogP contribution in [-0.4, -0.2) is 30.4 Å². The highest BCUT2D eigenvalue weighted by atomic mass is 35.5. The van der Waals surface area contributed by atoms with E-state index in [2.05, 4.69) is 10.5 Å². The average molecular weight is 413 g/mol. The van der Waals surface area contributed by atoms with Crippen LogP contribution in [0.3, 0.4) is 0 Å². The third-order valence-corrected chi connectivity index (χ3v) is 4.37. The Hall–Kier alpha value is -3.25. The topological polar surface area (TPSA) is 80.2 Å². The summed E-state index contributed by atoms with van der Waals surface area (Å²) in [6, 6.07) is 14.0. The normalized spacial score (nSPS) is 11.2. The van der Waals surface area contributed by atoms with Crippen molar-refractivity contribution in [3.63, 3.8) is 0 Å². The molecular weight excluding hydrogens is 392 g/mol. The van der Waals surface area contributed by atoms with Crippen LogP contribution in [0.15, 0.2) is 53.6 Å². The van der Waals surface area contributed by atoms with Crippen molar-refractivity contribution in [1.82, 2.24) is 5.43 Å². The predicted octanol–water partition coefficient (Wildman–Crippen LogP) is 4.76. The van der Waals surface area contributed by atoms with E-state index in [1.54, 1.807) is 24.3 Å². The Morgan fingerprint density at radius 3 is 2.52 bits per heavy atom. The van der Waals surface area contributed by atoms with Crippen molar-refractivity contribution < 1.29 is 19.4 Å². The number of nitrogens with zero attached hydrogens (tertiary/aromatic N) is 1. The number of hydrazone groups is 1. The highest BCUT2D eigenvalue weighted by molar-refractivity contribution is 6.32. The second kappa shape index (κ2) is 8.84. The van der Waals surface area contributed by atoms with Crippen molar-refractivity contribution in [1.29, 1.82) is 0 Å². The summed E-state index contributed by atoms with van der Waals surface area (Å²) >= 11 is 6.28. The molecule has 150 valence electrons. The molecule has 0 aromatic heterocycles. The van der Waals surface area contributed by atoms with E-state index in [1.807, 2.05) is 38.1 Å². The number of halogens is 1. The number of carbonyl (C=O) groups is 1. The fourth-order valence-electron chi connectivity index (χ4n) is 2.80. The molecule has 2 N–H and O–H groups in total. The fraction of sp³-hybridized carbons (Fsp3) is 0.182. The summed E-state index contributed by atoms with van der Waals surface area (Å²) in [5.41, 5.74) is 3.16. The number of fused-ring (bicyclic) bond motifs is 1. The van der Waals surface area contributed by atoms with Gasteiger partial charge in [-0.05, 0) is 54.4 Å². The Morgan fingerprint density at radius 1 is 1.17 bits per heavy atom. The van der Waals surface area contributed by atoms with Gasteiger partial charge in [-0.3, -0.25) is 4.79 Å². The molecule has 7 heteroatoms. The minimum absolute atomic E-state index is 0.0603. The second-order valence-corrected chi connectivity index (χ2v) is 7.02. The molecule has 0 saturated heterocycles. The minimum Gasteiger partial charge on any atom is -0.507 e. The third-order valence-electron chi connectivity index (χ3n) is 4.09. The number of rotatable bonds is 6. The van der Waals surface area contributed by atoms with Crippen molar-refractivity contribution in [3.8, 4) is 17.2 Å². The maximum absolute atomic E-state index is 12.4. The van der Waals surface area contributed by atoms with Gasteiger partial charge in [-0.1, -0.05) is 35.9 Å². The summed E-state index contributed by atoms with van der Waals surface area (Å²) in [4.78, 5) is 12.4. The lowest BCUT2D eigenvalue weighted by Crippen LogP contribution is -2.17. The molecule has 0 atom stereocenters. The number of benzene rings is 3. The smallest absolute Gasteiger partial charge is 0.275 e. The van der Waals surface area contributed by atoms with Gasteiger partial charge in [-0.25, -0.2) is 5.43 Å². The van der Waals surface area contributed by atoms with Crippen LogP contribution in [0.4, 0.5) is 0 Å². The van der Waals surface area contributed by atoms with Gasteiger partial charge in [0.05, 0.1) is 30.0 Å². The van der Waals surface area contributed by atoms with E-state index in [9.17, 15) is 9.90 Å². The number of nitrogens with one attached hydrogen (secondary N) is 1. The van der Waals surface area contributed by atoms with Gasteiger partial charge in [0.15, 0.2) is 11.5 Å². The van der Waals surface area contributed by atoms with Crippen LogP contribution in [-0.2, 0) is 0 Å². The Labute approximate surface area is 173 Å². The van der Waals surface area contributed by atoms with Crippen LogP contribution in [0.25, 0.3) is 10.8 Å². The summed E-state index contributed by atoms with van der Waals surface area (Å²) in [6.07, 6.45) is 1.37. The van der Waals surface area contributed by atoms with Crippen molar-refractivity contribution in [2.45, 2.75) is 20.0 Å². The zero-order chi connectivity index (χ0) is 21.0.